The second-order valence-corrected chi connectivity index (χ2v) is 6.16. The Bertz CT molecular complexity index is 532. The van der Waals surface area contributed by atoms with Crippen LogP contribution in [0.15, 0.2) is 23.1 Å². The van der Waals surface area contributed by atoms with E-state index >= 15 is 0 Å². The molecule has 0 bridgehead atoms. The maximum Gasteiger partial charge on any atom is 0.243 e. The first-order valence-corrected chi connectivity index (χ1v) is 7.24. The lowest BCUT2D eigenvalue weighted by Crippen LogP contribution is -2.36. The van der Waals surface area contributed by atoms with Crippen molar-refractivity contribution >= 4 is 10.0 Å². The molecule has 1 rings (SSSR count). The van der Waals surface area contributed by atoms with Crippen LogP contribution >= 0.6 is 0 Å². The maximum absolute atomic E-state index is 13.4. The standard InChI is InChI=1S/C12H17F2NO3S/c1-8(2)10(18-3)7-15-19(16,17)11-6-4-5-9(13)12(11)14/h4-6,8,10,15H,7H2,1-3H3/t10-/m1/s1. The number of sulfonamides is 1. The Morgan fingerprint density at radius 1 is 1.32 bits per heavy atom. The van der Waals surface area contributed by atoms with Crippen LogP contribution in [0, 0.1) is 17.6 Å². The van der Waals surface area contributed by atoms with Crippen LogP contribution in [0.2, 0.25) is 0 Å². The number of nitrogens with one attached hydrogen (secondary N) is 1. The number of halogens is 2. The van der Waals surface area contributed by atoms with E-state index in [2.05, 4.69) is 4.72 Å². The fourth-order valence-corrected chi connectivity index (χ4v) is 2.68. The van der Waals surface area contributed by atoms with Crippen molar-refractivity contribution < 1.29 is 21.9 Å². The van der Waals surface area contributed by atoms with E-state index in [9.17, 15) is 17.2 Å². The van der Waals surface area contributed by atoms with Crippen molar-refractivity contribution in [2.24, 2.45) is 5.92 Å². The molecule has 7 heteroatoms. The third kappa shape index (κ3) is 3.95. The molecule has 0 saturated heterocycles. The van der Waals surface area contributed by atoms with E-state index in [4.69, 9.17) is 4.74 Å². The van der Waals surface area contributed by atoms with Gasteiger partial charge in [0, 0.05) is 13.7 Å². The summed E-state index contributed by atoms with van der Waals surface area (Å²) in [7, 11) is -2.64. The van der Waals surface area contributed by atoms with Crippen molar-refractivity contribution in [2.75, 3.05) is 13.7 Å². The van der Waals surface area contributed by atoms with E-state index in [1.54, 1.807) is 0 Å². The molecule has 4 nitrogen and oxygen atoms in total. The molecular formula is C12H17F2NO3S. The highest BCUT2D eigenvalue weighted by atomic mass is 32.2. The summed E-state index contributed by atoms with van der Waals surface area (Å²) in [5.74, 6) is -2.49. The molecule has 1 N–H and O–H groups in total. The zero-order chi connectivity index (χ0) is 14.6. The Kier molecular flexibility index (Phi) is 5.39. The summed E-state index contributed by atoms with van der Waals surface area (Å²) < 4.78 is 57.5. The number of hydrogen-bond donors (Lipinski definition) is 1. The quantitative estimate of drug-likeness (QED) is 0.871. The molecule has 0 spiro atoms. The molecule has 0 radical (unpaired) electrons. The van der Waals surface area contributed by atoms with E-state index in [1.807, 2.05) is 13.8 Å². The van der Waals surface area contributed by atoms with Crippen LogP contribution in [0.3, 0.4) is 0 Å². The smallest absolute Gasteiger partial charge is 0.243 e. The fourth-order valence-electron chi connectivity index (χ4n) is 1.55. The molecule has 108 valence electrons. The highest BCUT2D eigenvalue weighted by Gasteiger charge is 2.23. The average molecular weight is 293 g/mol. The fraction of sp³-hybridized carbons (Fsp3) is 0.500. The molecule has 0 amide bonds. The Hall–Kier alpha value is -1.05. The van der Waals surface area contributed by atoms with E-state index in [0.29, 0.717) is 0 Å². The minimum absolute atomic E-state index is 0.00749. The van der Waals surface area contributed by atoms with Gasteiger partial charge in [-0.1, -0.05) is 19.9 Å². The van der Waals surface area contributed by atoms with Gasteiger partial charge in [0.25, 0.3) is 0 Å². The third-order valence-electron chi connectivity index (χ3n) is 2.73. The van der Waals surface area contributed by atoms with Crippen molar-refractivity contribution in [1.29, 1.82) is 0 Å². The Balaban J connectivity index is 2.90. The molecule has 0 aliphatic heterocycles. The van der Waals surface area contributed by atoms with Gasteiger partial charge in [-0.05, 0) is 18.1 Å². The normalized spacial score (nSPS) is 13.8. The van der Waals surface area contributed by atoms with Crippen LogP contribution in [0.5, 0.6) is 0 Å². The van der Waals surface area contributed by atoms with Gasteiger partial charge in [0.05, 0.1) is 6.10 Å². The topological polar surface area (TPSA) is 55.4 Å². The van der Waals surface area contributed by atoms with Gasteiger partial charge in [-0.2, -0.15) is 0 Å². The summed E-state index contributed by atoms with van der Waals surface area (Å²) >= 11 is 0. The largest absolute Gasteiger partial charge is 0.380 e. The van der Waals surface area contributed by atoms with Crippen molar-refractivity contribution in [2.45, 2.75) is 24.8 Å². The number of benzene rings is 1. The lowest BCUT2D eigenvalue weighted by molar-refractivity contribution is 0.0691. The SMILES string of the molecule is CO[C@H](CNS(=O)(=O)c1cccc(F)c1F)C(C)C. The minimum atomic E-state index is -4.10. The first kappa shape index (κ1) is 16.0. The van der Waals surface area contributed by atoms with Crippen molar-refractivity contribution in [3.8, 4) is 0 Å². The Morgan fingerprint density at radius 2 is 1.95 bits per heavy atom. The molecule has 1 aromatic carbocycles. The van der Waals surface area contributed by atoms with Gasteiger partial charge >= 0.3 is 0 Å². The van der Waals surface area contributed by atoms with Crippen LogP contribution in [0.1, 0.15) is 13.8 Å². The minimum Gasteiger partial charge on any atom is -0.380 e. The van der Waals surface area contributed by atoms with E-state index in [1.165, 1.54) is 7.11 Å². The summed E-state index contributed by atoms with van der Waals surface area (Å²) in [6, 6.07) is 3.02. The molecule has 19 heavy (non-hydrogen) atoms. The van der Waals surface area contributed by atoms with Crippen molar-refractivity contribution in [1.82, 2.24) is 4.72 Å². The molecule has 1 atom stereocenters. The Labute approximate surface area is 111 Å². The van der Waals surface area contributed by atoms with Gasteiger partial charge in [0.2, 0.25) is 10.0 Å². The van der Waals surface area contributed by atoms with Gasteiger partial charge in [-0.3, -0.25) is 0 Å². The van der Waals surface area contributed by atoms with Gasteiger partial charge in [-0.25, -0.2) is 21.9 Å². The van der Waals surface area contributed by atoms with E-state index in [0.717, 1.165) is 18.2 Å². The van der Waals surface area contributed by atoms with Crippen LogP contribution in [-0.2, 0) is 14.8 Å². The monoisotopic (exact) mass is 293 g/mol. The molecule has 0 saturated carbocycles. The average Bonchev–Trinajstić information content (AvgIpc) is 2.32. The maximum atomic E-state index is 13.4. The highest BCUT2D eigenvalue weighted by Crippen LogP contribution is 2.17. The number of hydrogen-bond acceptors (Lipinski definition) is 3. The second kappa shape index (κ2) is 6.40. The molecule has 0 heterocycles. The summed E-state index contributed by atoms with van der Waals surface area (Å²) in [6.07, 6.45) is -0.341. The van der Waals surface area contributed by atoms with Gasteiger partial charge in [0.15, 0.2) is 11.6 Å². The van der Waals surface area contributed by atoms with Crippen LogP contribution in [0.25, 0.3) is 0 Å². The van der Waals surface area contributed by atoms with Crippen LogP contribution in [-0.4, -0.2) is 28.2 Å². The summed E-state index contributed by atoms with van der Waals surface area (Å²) in [5.41, 5.74) is 0. The summed E-state index contributed by atoms with van der Waals surface area (Å²) in [6.45, 7) is 3.73. The first-order chi connectivity index (χ1) is 8.79. The molecule has 0 aromatic heterocycles. The van der Waals surface area contributed by atoms with Crippen LogP contribution in [0.4, 0.5) is 8.78 Å². The number of rotatable bonds is 6. The van der Waals surface area contributed by atoms with Crippen molar-refractivity contribution in [3.63, 3.8) is 0 Å². The Morgan fingerprint density at radius 3 is 2.47 bits per heavy atom. The predicted molar refractivity (Wildman–Crippen MR) is 67.2 cm³/mol. The first-order valence-electron chi connectivity index (χ1n) is 5.76. The van der Waals surface area contributed by atoms with Gasteiger partial charge in [0.1, 0.15) is 4.90 Å². The van der Waals surface area contributed by atoms with Gasteiger partial charge < -0.3 is 4.74 Å². The van der Waals surface area contributed by atoms with Gasteiger partial charge in [-0.15, -0.1) is 0 Å². The second-order valence-electron chi connectivity index (χ2n) is 4.42. The van der Waals surface area contributed by atoms with E-state index in [-0.39, 0.29) is 18.6 Å². The molecule has 0 aliphatic rings. The highest BCUT2D eigenvalue weighted by molar-refractivity contribution is 7.89. The number of ether oxygens (including phenoxy) is 1. The predicted octanol–water partition coefficient (Wildman–Crippen LogP) is 1.91. The number of methoxy groups -OCH3 is 1. The molecule has 0 aliphatic carbocycles. The zero-order valence-electron chi connectivity index (χ0n) is 11.0. The third-order valence-corrected chi connectivity index (χ3v) is 4.17. The lowest BCUT2D eigenvalue weighted by Gasteiger charge is -2.19. The van der Waals surface area contributed by atoms with Crippen molar-refractivity contribution in [3.05, 3.63) is 29.8 Å². The zero-order valence-corrected chi connectivity index (χ0v) is 11.8. The van der Waals surface area contributed by atoms with E-state index < -0.39 is 26.6 Å². The molecular weight excluding hydrogens is 276 g/mol. The molecule has 0 unspecified atom stereocenters. The molecule has 1 aromatic rings. The lowest BCUT2D eigenvalue weighted by atomic mass is 10.1. The summed E-state index contributed by atoms with van der Waals surface area (Å²) in [4.78, 5) is -0.703. The molecule has 0 fully saturated rings. The summed E-state index contributed by atoms with van der Waals surface area (Å²) in [5, 5.41) is 0. The van der Waals surface area contributed by atoms with Crippen LogP contribution < -0.4 is 4.72 Å².